The Balaban J connectivity index is 0.00000243. The summed E-state index contributed by atoms with van der Waals surface area (Å²) in [6.45, 7) is 6.30. The zero-order chi connectivity index (χ0) is 17.5. The molecule has 2 N–H and O–H groups in total. The topological polar surface area (TPSA) is 52.7 Å². The molecule has 6 heteroatoms. The lowest BCUT2D eigenvalue weighted by molar-refractivity contribution is 0.115. The van der Waals surface area contributed by atoms with Gasteiger partial charge in [0.05, 0.1) is 6.61 Å². The maximum absolute atomic E-state index is 5.74. The molecule has 0 spiro atoms. The largest absolute Gasteiger partial charge is 0.379 e. The Kier molecular flexibility index (Phi) is 8.71. The number of H-pyrrole nitrogens is 1. The predicted octanol–water partition coefficient (Wildman–Crippen LogP) is 3.65. The SMILES string of the molecule is CCNC(=NCCc1c[nH]c2ccccc12)N(C)CCOCC1CC1.I. The van der Waals surface area contributed by atoms with Gasteiger partial charge in [0.25, 0.3) is 0 Å². The van der Waals surface area contributed by atoms with Gasteiger partial charge < -0.3 is 19.9 Å². The fourth-order valence-corrected chi connectivity index (χ4v) is 2.93. The number of hydrogen-bond acceptors (Lipinski definition) is 2. The van der Waals surface area contributed by atoms with Crippen molar-refractivity contribution in [2.75, 3.05) is 39.9 Å². The molecule has 0 aliphatic heterocycles. The second-order valence-corrected chi connectivity index (χ2v) is 6.79. The summed E-state index contributed by atoms with van der Waals surface area (Å²) in [6, 6.07) is 8.42. The first-order valence-corrected chi connectivity index (χ1v) is 9.40. The number of benzene rings is 1. The highest BCUT2D eigenvalue weighted by atomic mass is 127. The zero-order valence-electron chi connectivity index (χ0n) is 15.8. The van der Waals surface area contributed by atoms with Gasteiger partial charge in [0.15, 0.2) is 5.96 Å². The molecular formula is C20H31IN4O. The minimum absolute atomic E-state index is 0. The van der Waals surface area contributed by atoms with E-state index in [-0.39, 0.29) is 24.0 Å². The number of aliphatic imine (C=N–C) groups is 1. The van der Waals surface area contributed by atoms with Gasteiger partial charge in [-0.1, -0.05) is 18.2 Å². The van der Waals surface area contributed by atoms with Crippen LogP contribution in [-0.2, 0) is 11.2 Å². The summed E-state index contributed by atoms with van der Waals surface area (Å²) in [5.74, 6) is 1.78. The van der Waals surface area contributed by atoms with E-state index in [1.54, 1.807) is 0 Å². The Labute approximate surface area is 173 Å². The molecule has 0 radical (unpaired) electrons. The fourth-order valence-electron chi connectivity index (χ4n) is 2.93. The molecule has 1 aliphatic carbocycles. The molecule has 0 bridgehead atoms. The van der Waals surface area contributed by atoms with Crippen LogP contribution in [0.2, 0.25) is 0 Å². The van der Waals surface area contributed by atoms with Gasteiger partial charge in [-0.25, -0.2) is 0 Å². The van der Waals surface area contributed by atoms with Crippen molar-refractivity contribution in [2.24, 2.45) is 10.9 Å². The molecule has 0 unspecified atom stereocenters. The molecule has 0 amide bonds. The van der Waals surface area contributed by atoms with Crippen LogP contribution < -0.4 is 5.32 Å². The highest BCUT2D eigenvalue weighted by Gasteiger charge is 2.21. The third kappa shape index (κ3) is 6.16. The molecular weight excluding hydrogens is 439 g/mol. The molecule has 144 valence electrons. The fraction of sp³-hybridized carbons (Fsp3) is 0.550. The lowest BCUT2D eigenvalue weighted by Gasteiger charge is -2.22. The normalized spacial score (nSPS) is 14.3. The van der Waals surface area contributed by atoms with Crippen molar-refractivity contribution in [3.05, 3.63) is 36.0 Å². The van der Waals surface area contributed by atoms with Crippen LogP contribution in [0.25, 0.3) is 10.9 Å². The van der Waals surface area contributed by atoms with E-state index in [0.29, 0.717) is 0 Å². The van der Waals surface area contributed by atoms with Gasteiger partial charge in [0.2, 0.25) is 0 Å². The number of guanidine groups is 1. The number of nitrogens with one attached hydrogen (secondary N) is 2. The third-order valence-corrected chi connectivity index (χ3v) is 4.64. The van der Waals surface area contributed by atoms with Gasteiger partial charge in [-0.3, -0.25) is 4.99 Å². The molecule has 1 heterocycles. The zero-order valence-corrected chi connectivity index (χ0v) is 18.2. The van der Waals surface area contributed by atoms with Crippen LogP contribution in [0.4, 0.5) is 0 Å². The first-order chi connectivity index (χ1) is 12.3. The van der Waals surface area contributed by atoms with Gasteiger partial charge in [-0.05, 0) is 43.7 Å². The maximum atomic E-state index is 5.74. The van der Waals surface area contributed by atoms with Crippen molar-refractivity contribution in [1.82, 2.24) is 15.2 Å². The smallest absolute Gasteiger partial charge is 0.193 e. The van der Waals surface area contributed by atoms with Crippen LogP contribution in [0.1, 0.15) is 25.3 Å². The number of likely N-dealkylation sites (N-methyl/N-ethyl adjacent to an activating group) is 1. The van der Waals surface area contributed by atoms with E-state index in [1.165, 1.54) is 29.3 Å². The lowest BCUT2D eigenvalue weighted by atomic mass is 10.1. The van der Waals surface area contributed by atoms with E-state index in [9.17, 15) is 0 Å². The molecule has 1 fully saturated rings. The second kappa shape index (κ2) is 10.8. The van der Waals surface area contributed by atoms with Crippen molar-refractivity contribution in [3.8, 4) is 0 Å². The van der Waals surface area contributed by atoms with Gasteiger partial charge in [-0.15, -0.1) is 24.0 Å². The molecule has 0 atom stereocenters. The summed E-state index contributed by atoms with van der Waals surface area (Å²) in [5.41, 5.74) is 2.52. The van der Waals surface area contributed by atoms with Gasteiger partial charge in [-0.2, -0.15) is 0 Å². The van der Waals surface area contributed by atoms with E-state index < -0.39 is 0 Å². The number of hydrogen-bond donors (Lipinski definition) is 2. The number of aromatic nitrogens is 1. The van der Waals surface area contributed by atoms with Crippen LogP contribution in [0.3, 0.4) is 0 Å². The molecule has 1 aromatic heterocycles. The summed E-state index contributed by atoms with van der Waals surface area (Å²) >= 11 is 0. The average Bonchev–Trinajstić information content (AvgIpc) is 3.37. The number of aromatic amines is 1. The molecule has 26 heavy (non-hydrogen) atoms. The first-order valence-electron chi connectivity index (χ1n) is 9.40. The second-order valence-electron chi connectivity index (χ2n) is 6.79. The van der Waals surface area contributed by atoms with Gasteiger partial charge in [0.1, 0.15) is 0 Å². The van der Waals surface area contributed by atoms with Crippen LogP contribution in [0.5, 0.6) is 0 Å². The molecule has 5 nitrogen and oxygen atoms in total. The van der Waals surface area contributed by atoms with E-state index in [2.05, 4.69) is 59.6 Å². The van der Waals surface area contributed by atoms with Gasteiger partial charge >= 0.3 is 0 Å². The average molecular weight is 470 g/mol. The summed E-state index contributed by atoms with van der Waals surface area (Å²) in [6.07, 6.45) is 5.72. The summed E-state index contributed by atoms with van der Waals surface area (Å²) < 4.78 is 5.74. The lowest BCUT2D eigenvalue weighted by Crippen LogP contribution is -2.40. The molecule has 3 rings (SSSR count). The van der Waals surface area contributed by atoms with Crippen molar-refractivity contribution in [3.63, 3.8) is 0 Å². The highest BCUT2D eigenvalue weighted by Crippen LogP contribution is 2.28. The minimum Gasteiger partial charge on any atom is -0.379 e. The Bertz CT molecular complexity index is 696. The Hall–Kier alpha value is -1.28. The Morgan fingerprint density at radius 3 is 2.92 bits per heavy atom. The first kappa shape index (κ1) is 21.0. The van der Waals surface area contributed by atoms with Gasteiger partial charge in [0, 0.05) is 50.4 Å². The molecule has 0 saturated heterocycles. The number of rotatable bonds is 9. The third-order valence-electron chi connectivity index (χ3n) is 4.64. The quantitative estimate of drug-likeness (QED) is 0.255. The molecule has 1 aliphatic rings. The monoisotopic (exact) mass is 470 g/mol. The Morgan fingerprint density at radius 1 is 1.35 bits per heavy atom. The van der Waals surface area contributed by atoms with Crippen molar-refractivity contribution >= 4 is 40.8 Å². The van der Waals surface area contributed by atoms with Crippen LogP contribution in [0, 0.1) is 5.92 Å². The summed E-state index contributed by atoms with van der Waals surface area (Å²) in [7, 11) is 2.08. The predicted molar refractivity (Wildman–Crippen MR) is 120 cm³/mol. The standard InChI is InChI=1S/C20H30N4O.HI/c1-3-21-20(24(2)12-13-25-15-16-8-9-16)22-11-10-17-14-23-19-7-5-4-6-18(17)19;/h4-7,14,16,23H,3,8-13,15H2,1-2H3,(H,21,22);1H. The summed E-state index contributed by atoms with van der Waals surface area (Å²) in [4.78, 5) is 10.3. The van der Waals surface area contributed by atoms with Crippen LogP contribution >= 0.6 is 24.0 Å². The van der Waals surface area contributed by atoms with E-state index in [1.807, 2.05) is 0 Å². The number of para-hydroxylation sites is 1. The van der Waals surface area contributed by atoms with Crippen LogP contribution in [-0.4, -0.2) is 55.7 Å². The van der Waals surface area contributed by atoms with E-state index >= 15 is 0 Å². The molecule has 1 saturated carbocycles. The highest BCUT2D eigenvalue weighted by molar-refractivity contribution is 14.0. The Morgan fingerprint density at radius 2 is 2.15 bits per heavy atom. The number of fused-ring (bicyclic) bond motifs is 1. The van der Waals surface area contributed by atoms with Crippen LogP contribution in [0.15, 0.2) is 35.5 Å². The van der Waals surface area contributed by atoms with Crippen molar-refractivity contribution in [2.45, 2.75) is 26.2 Å². The number of nitrogens with zero attached hydrogens (tertiary/aromatic N) is 2. The summed E-state index contributed by atoms with van der Waals surface area (Å²) in [5, 5.41) is 4.67. The molecule has 2 aromatic rings. The molecule has 1 aromatic carbocycles. The van der Waals surface area contributed by atoms with E-state index in [4.69, 9.17) is 9.73 Å². The number of halogens is 1. The van der Waals surface area contributed by atoms with Crippen molar-refractivity contribution < 1.29 is 4.74 Å². The minimum atomic E-state index is 0. The number of ether oxygens (including phenoxy) is 1. The maximum Gasteiger partial charge on any atom is 0.193 e. The van der Waals surface area contributed by atoms with Crippen molar-refractivity contribution in [1.29, 1.82) is 0 Å². The van der Waals surface area contributed by atoms with E-state index in [0.717, 1.165) is 51.1 Å².